The first-order chi connectivity index (χ1) is 11.1. The summed E-state index contributed by atoms with van der Waals surface area (Å²) in [5.41, 5.74) is 1.84. The zero-order valence-corrected chi connectivity index (χ0v) is 13.3. The average molecular weight is 317 g/mol. The Morgan fingerprint density at radius 2 is 2.26 bits per heavy atom. The molecule has 0 aliphatic carbocycles. The van der Waals surface area contributed by atoms with E-state index in [1.54, 1.807) is 43.2 Å². The molecule has 2 heterocycles. The Hall–Kier alpha value is -2.21. The maximum Gasteiger partial charge on any atom is 0.257 e. The van der Waals surface area contributed by atoms with Crippen molar-refractivity contribution in [3.63, 3.8) is 0 Å². The standard InChI is InChI=1S/C17H20FN3O2/c1-20(9-12-5-3-4-6-15(12)18)17(22)14-10-21(2)19-16(14)13-7-8-23-11-13/h3-6,10,13H,7-9,11H2,1-2H3/t13-/m1/s1. The third-order valence-electron chi connectivity index (χ3n) is 4.12. The first-order valence-electron chi connectivity index (χ1n) is 7.66. The number of aromatic nitrogens is 2. The van der Waals surface area contributed by atoms with E-state index in [1.165, 1.54) is 11.0 Å². The van der Waals surface area contributed by atoms with E-state index >= 15 is 0 Å². The van der Waals surface area contributed by atoms with Gasteiger partial charge in [-0.3, -0.25) is 9.48 Å². The van der Waals surface area contributed by atoms with E-state index in [9.17, 15) is 9.18 Å². The van der Waals surface area contributed by atoms with Gasteiger partial charge >= 0.3 is 0 Å². The second-order valence-electron chi connectivity index (χ2n) is 5.91. The summed E-state index contributed by atoms with van der Waals surface area (Å²) >= 11 is 0. The first-order valence-corrected chi connectivity index (χ1v) is 7.66. The summed E-state index contributed by atoms with van der Waals surface area (Å²) in [6.07, 6.45) is 2.60. The number of carbonyl (C=O) groups excluding carboxylic acids is 1. The Balaban J connectivity index is 1.81. The van der Waals surface area contributed by atoms with Crippen molar-refractivity contribution in [3.05, 3.63) is 53.1 Å². The summed E-state index contributed by atoms with van der Waals surface area (Å²) < 4.78 is 20.8. The summed E-state index contributed by atoms with van der Waals surface area (Å²) in [7, 11) is 3.48. The van der Waals surface area contributed by atoms with Gasteiger partial charge in [0.25, 0.3) is 5.91 Å². The van der Waals surface area contributed by atoms with E-state index in [2.05, 4.69) is 5.10 Å². The van der Waals surface area contributed by atoms with Crippen LogP contribution in [0.1, 0.15) is 34.0 Å². The zero-order chi connectivity index (χ0) is 16.4. The number of hydrogen-bond donors (Lipinski definition) is 0. The highest BCUT2D eigenvalue weighted by atomic mass is 19.1. The molecule has 0 radical (unpaired) electrons. The summed E-state index contributed by atoms with van der Waals surface area (Å²) in [5.74, 6) is -0.303. The van der Waals surface area contributed by atoms with Crippen molar-refractivity contribution < 1.29 is 13.9 Å². The molecule has 23 heavy (non-hydrogen) atoms. The number of rotatable bonds is 4. The molecule has 1 aromatic heterocycles. The van der Waals surface area contributed by atoms with Crippen molar-refractivity contribution in [2.75, 3.05) is 20.3 Å². The predicted octanol–water partition coefficient (Wildman–Crippen LogP) is 2.34. The molecule has 1 fully saturated rings. The van der Waals surface area contributed by atoms with Gasteiger partial charge in [-0.05, 0) is 12.5 Å². The Labute approximate surface area is 134 Å². The van der Waals surface area contributed by atoms with Crippen LogP contribution in [-0.4, -0.2) is 40.8 Å². The molecule has 5 nitrogen and oxygen atoms in total. The molecule has 1 aliphatic heterocycles. The normalized spacial score (nSPS) is 17.4. The minimum absolute atomic E-state index is 0.150. The number of carbonyl (C=O) groups is 1. The maximum atomic E-state index is 13.8. The lowest BCUT2D eigenvalue weighted by Crippen LogP contribution is -2.27. The number of amides is 1. The lowest BCUT2D eigenvalue weighted by Gasteiger charge is -2.18. The van der Waals surface area contributed by atoms with Gasteiger partial charge in [-0.1, -0.05) is 18.2 Å². The second-order valence-corrected chi connectivity index (χ2v) is 5.91. The number of halogens is 1. The van der Waals surface area contributed by atoms with Gasteiger partial charge in [0.15, 0.2) is 0 Å². The van der Waals surface area contributed by atoms with E-state index in [1.807, 2.05) is 0 Å². The summed E-state index contributed by atoms with van der Waals surface area (Å²) in [6.45, 7) is 1.51. The van der Waals surface area contributed by atoms with E-state index in [0.29, 0.717) is 24.3 Å². The lowest BCUT2D eigenvalue weighted by atomic mass is 10.0. The molecule has 0 bridgehead atoms. The third kappa shape index (κ3) is 3.27. The van der Waals surface area contributed by atoms with Gasteiger partial charge in [-0.25, -0.2) is 4.39 Å². The SMILES string of the molecule is CN(Cc1ccccc1F)C(=O)c1cn(C)nc1[C@@H]1CCOC1. The number of aryl methyl sites for hydroxylation is 1. The van der Waals surface area contributed by atoms with Crippen LogP contribution in [0.3, 0.4) is 0 Å². The molecule has 1 amide bonds. The van der Waals surface area contributed by atoms with Crippen LogP contribution in [0.2, 0.25) is 0 Å². The van der Waals surface area contributed by atoms with Crippen molar-refractivity contribution >= 4 is 5.91 Å². The molecule has 0 unspecified atom stereocenters. The molecule has 1 aliphatic rings. The largest absolute Gasteiger partial charge is 0.381 e. The van der Waals surface area contributed by atoms with Gasteiger partial charge in [0, 0.05) is 44.9 Å². The Morgan fingerprint density at radius 1 is 1.48 bits per heavy atom. The fraction of sp³-hybridized carbons (Fsp3) is 0.412. The van der Waals surface area contributed by atoms with Crippen LogP contribution in [-0.2, 0) is 18.3 Å². The minimum atomic E-state index is -0.303. The van der Waals surface area contributed by atoms with Crippen molar-refractivity contribution in [2.24, 2.45) is 7.05 Å². The minimum Gasteiger partial charge on any atom is -0.381 e. The molecular weight excluding hydrogens is 297 g/mol. The van der Waals surface area contributed by atoms with Gasteiger partial charge in [0.2, 0.25) is 0 Å². The highest BCUT2D eigenvalue weighted by molar-refractivity contribution is 5.95. The zero-order valence-electron chi connectivity index (χ0n) is 13.3. The van der Waals surface area contributed by atoms with Gasteiger partial charge in [0.05, 0.1) is 17.9 Å². The monoisotopic (exact) mass is 317 g/mol. The van der Waals surface area contributed by atoms with E-state index in [-0.39, 0.29) is 24.2 Å². The third-order valence-corrected chi connectivity index (χ3v) is 4.12. The lowest BCUT2D eigenvalue weighted by molar-refractivity contribution is 0.0782. The Morgan fingerprint density at radius 3 is 2.96 bits per heavy atom. The molecule has 0 N–H and O–H groups in total. The van der Waals surface area contributed by atoms with Crippen molar-refractivity contribution in [1.29, 1.82) is 0 Å². The molecule has 1 atom stereocenters. The fourth-order valence-electron chi connectivity index (χ4n) is 2.88. The van der Waals surface area contributed by atoms with E-state index < -0.39 is 0 Å². The van der Waals surface area contributed by atoms with E-state index in [0.717, 1.165) is 12.1 Å². The van der Waals surface area contributed by atoms with Crippen LogP contribution in [0, 0.1) is 5.82 Å². The van der Waals surface area contributed by atoms with Crippen LogP contribution in [0.25, 0.3) is 0 Å². The molecule has 122 valence electrons. The van der Waals surface area contributed by atoms with Crippen molar-refractivity contribution in [3.8, 4) is 0 Å². The second kappa shape index (κ2) is 6.50. The maximum absolute atomic E-state index is 13.8. The smallest absolute Gasteiger partial charge is 0.257 e. The predicted molar refractivity (Wildman–Crippen MR) is 83.6 cm³/mol. The highest BCUT2D eigenvalue weighted by Gasteiger charge is 2.28. The summed E-state index contributed by atoms with van der Waals surface area (Å²) in [6, 6.07) is 6.50. The highest BCUT2D eigenvalue weighted by Crippen LogP contribution is 2.27. The Kier molecular flexibility index (Phi) is 4.43. The summed E-state index contributed by atoms with van der Waals surface area (Å²) in [4.78, 5) is 14.3. The molecule has 0 spiro atoms. The fourth-order valence-corrected chi connectivity index (χ4v) is 2.88. The van der Waals surface area contributed by atoms with Gasteiger partial charge in [0.1, 0.15) is 5.82 Å². The number of benzene rings is 1. The molecule has 1 aromatic carbocycles. The van der Waals surface area contributed by atoms with Crippen LogP contribution in [0.4, 0.5) is 4.39 Å². The first kappa shape index (κ1) is 15.7. The van der Waals surface area contributed by atoms with Crippen LogP contribution in [0.15, 0.2) is 30.5 Å². The molecule has 1 saturated heterocycles. The van der Waals surface area contributed by atoms with Crippen molar-refractivity contribution in [1.82, 2.24) is 14.7 Å². The molecule has 6 heteroatoms. The number of ether oxygens (including phenoxy) is 1. The van der Waals surface area contributed by atoms with Crippen LogP contribution < -0.4 is 0 Å². The number of nitrogens with zero attached hydrogens (tertiary/aromatic N) is 3. The van der Waals surface area contributed by atoms with Crippen LogP contribution in [0.5, 0.6) is 0 Å². The quantitative estimate of drug-likeness (QED) is 0.869. The molecule has 2 aromatic rings. The van der Waals surface area contributed by atoms with E-state index in [4.69, 9.17) is 4.74 Å². The van der Waals surface area contributed by atoms with Gasteiger partial charge in [-0.2, -0.15) is 5.10 Å². The molecule has 3 rings (SSSR count). The average Bonchev–Trinajstić information content (AvgIpc) is 3.17. The Bertz CT molecular complexity index is 708. The van der Waals surface area contributed by atoms with Crippen LogP contribution >= 0.6 is 0 Å². The number of hydrogen-bond acceptors (Lipinski definition) is 3. The van der Waals surface area contributed by atoms with Gasteiger partial charge in [-0.15, -0.1) is 0 Å². The van der Waals surface area contributed by atoms with Gasteiger partial charge < -0.3 is 9.64 Å². The summed E-state index contributed by atoms with van der Waals surface area (Å²) in [5, 5.41) is 4.44. The molecule has 0 saturated carbocycles. The van der Waals surface area contributed by atoms with Crippen molar-refractivity contribution in [2.45, 2.75) is 18.9 Å². The topological polar surface area (TPSA) is 47.4 Å². The molecular formula is C17H20FN3O2.